The molecule has 0 unspecified atom stereocenters. The van der Waals surface area contributed by atoms with E-state index in [0.29, 0.717) is 64.3 Å². The lowest BCUT2D eigenvalue weighted by molar-refractivity contribution is -0.158. The van der Waals surface area contributed by atoms with Crippen LogP contribution in [0.4, 0.5) is 5.95 Å². The minimum absolute atomic E-state index is 0.129. The second-order valence-corrected chi connectivity index (χ2v) is 11.2. The van der Waals surface area contributed by atoms with E-state index in [9.17, 15) is 9.59 Å². The van der Waals surface area contributed by atoms with Crippen molar-refractivity contribution in [3.63, 3.8) is 0 Å². The number of ether oxygens (including phenoxy) is 3. The summed E-state index contributed by atoms with van der Waals surface area (Å²) in [6, 6.07) is 5.17. The largest absolute Gasteiger partial charge is 0.497 e. The number of methoxy groups -OCH3 is 1. The van der Waals surface area contributed by atoms with Crippen molar-refractivity contribution in [3.8, 4) is 22.6 Å². The summed E-state index contributed by atoms with van der Waals surface area (Å²) in [5, 5.41) is 3.90. The number of carbonyl (C=O) groups is 1. The molecule has 1 aromatic carbocycles. The van der Waals surface area contributed by atoms with Crippen LogP contribution in [0.25, 0.3) is 22.2 Å². The molecule has 1 fully saturated rings. The van der Waals surface area contributed by atoms with Crippen LogP contribution >= 0.6 is 11.6 Å². The molecule has 3 heterocycles. The first-order valence-electron chi connectivity index (χ1n) is 13.1. The second kappa shape index (κ2) is 11.9. The Morgan fingerprint density at radius 1 is 1.27 bits per heavy atom. The molecular weight excluding hydrogens is 534 g/mol. The average Bonchev–Trinajstić information content (AvgIpc) is 2.90. The number of amides is 1. The molecule has 0 radical (unpaired) electrons. The molecule has 40 heavy (non-hydrogen) atoms. The maximum atomic E-state index is 14.2. The van der Waals surface area contributed by atoms with Crippen LogP contribution in [0.15, 0.2) is 41.8 Å². The smallest absolute Gasteiger partial charge is 0.260 e. The summed E-state index contributed by atoms with van der Waals surface area (Å²) in [4.78, 5) is 36.6. The van der Waals surface area contributed by atoms with Crippen molar-refractivity contribution in [2.45, 2.75) is 45.9 Å². The maximum absolute atomic E-state index is 14.2. The summed E-state index contributed by atoms with van der Waals surface area (Å²) in [7, 11) is 3.27. The van der Waals surface area contributed by atoms with Crippen LogP contribution in [0, 0.1) is 5.92 Å². The van der Waals surface area contributed by atoms with E-state index < -0.39 is 5.60 Å². The zero-order valence-corrected chi connectivity index (χ0v) is 24.5. The third-order valence-electron chi connectivity index (χ3n) is 6.52. The van der Waals surface area contributed by atoms with Gasteiger partial charge in [0.25, 0.3) is 5.56 Å². The Labute approximate surface area is 238 Å². The monoisotopic (exact) mass is 569 g/mol. The van der Waals surface area contributed by atoms with Crippen molar-refractivity contribution in [2.75, 3.05) is 39.2 Å². The van der Waals surface area contributed by atoms with Gasteiger partial charge in [-0.25, -0.2) is 4.98 Å². The lowest BCUT2D eigenvalue weighted by Crippen LogP contribution is -2.57. The number of likely N-dealkylation sites (tertiary alicyclic amines) is 1. The minimum atomic E-state index is -0.766. The first-order chi connectivity index (χ1) is 19.0. The number of pyridine rings is 1. The Morgan fingerprint density at radius 3 is 2.62 bits per heavy atom. The van der Waals surface area contributed by atoms with Crippen LogP contribution in [0.2, 0.25) is 5.02 Å². The summed E-state index contributed by atoms with van der Waals surface area (Å²) in [6.45, 7) is 13.0. The lowest BCUT2D eigenvalue weighted by atomic mass is 10.0. The number of rotatable bonds is 11. The number of fused-ring (bicyclic) bond motifs is 1. The lowest BCUT2D eigenvalue weighted by Gasteiger charge is -2.42. The SMILES string of the molecule is C=CC(=O)N1CC(OC(C)(C)Cn2c(=O)c(-c3cc(OC)cc(OCC(C)C)c3Cl)cc3cnc(NC)nc32)C1. The van der Waals surface area contributed by atoms with Gasteiger partial charge in [0.05, 0.1) is 37.0 Å². The summed E-state index contributed by atoms with van der Waals surface area (Å²) >= 11 is 6.82. The number of hydrogen-bond acceptors (Lipinski definition) is 8. The van der Waals surface area contributed by atoms with Crippen LogP contribution in [0.3, 0.4) is 0 Å². The Morgan fingerprint density at radius 2 is 2.00 bits per heavy atom. The van der Waals surface area contributed by atoms with Crippen molar-refractivity contribution >= 4 is 34.5 Å². The fourth-order valence-corrected chi connectivity index (χ4v) is 4.82. The van der Waals surface area contributed by atoms with Crippen molar-refractivity contribution in [3.05, 3.63) is 52.4 Å². The molecule has 1 aliphatic rings. The first kappa shape index (κ1) is 29.4. The molecule has 0 aliphatic carbocycles. The highest BCUT2D eigenvalue weighted by Crippen LogP contribution is 2.39. The van der Waals surface area contributed by atoms with Crippen LogP contribution < -0.4 is 20.3 Å². The number of anilines is 1. The molecule has 2 aromatic heterocycles. The van der Waals surface area contributed by atoms with Crippen molar-refractivity contribution in [1.82, 2.24) is 19.4 Å². The molecule has 4 rings (SSSR count). The number of nitrogens with zero attached hydrogens (tertiary/aromatic N) is 4. The number of benzene rings is 1. The predicted molar refractivity (Wildman–Crippen MR) is 156 cm³/mol. The van der Waals surface area contributed by atoms with E-state index >= 15 is 0 Å². The number of carbonyl (C=O) groups excluding carboxylic acids is 1. The van der Waals surface area contributed by atoms with Crippen molar-refractivity contribution < 1.29 is 19.0 Å². The Kier molecular flexibility index (Phi) is 8.70. The van der Waals surface area contributed by atoms with Crippen LogP contribution in [0.5, 0.6) is 11.5 Å². The Hall–Kier alpha value is -3.63. The van der Waals surface area contributed by atoms with Gasteiger partial charge < -0.3 is 24.4 Å². The zero-order valence-electron chi connectivity index (χ0n) is 23.8. The van der Waals surface area contributed by atoms with Gasteiger partial charge in [0.2, 0.25) is 11.9 Å². The summed E-state index contributed by atoms with van der Waals surface area (Å²) in [5.41, 5.74) is 0.227. The van der Waals surface area contributed by atoms with Crippen LogP contribution in [-0.2, 0) is 16.1 Å². The molecule has 1 N–H and O–H groups in total. The molecule has 0 atom stereocenters. The van der Waals surface area contributed by atoms with Crippen LogP contribution in [-0.4, -0.2) is 70.9 Å². The van der Waals surface area contributed by atoms with Gasteiger partial charge in [0.15, 0.2) is 0 Å². The third kappa shape index (κ3) is 6.23. The quantitative estimate of drug-likeness (QED) is 0.339. The number of nitrogens with one attached hydrogen (secondary N) is 1. The minimum Gasteiger partial charge on any atom is -0.497 e. The van der Waals surface area contributed by atoms with Gasteiger partial charge in [-0.05, 0) is 38.0 Å². The number of aromatic nitrogens is 3. The van der Waals surface area contributed by atoms with Gasteiger partial charge in [-0.2, -0.15) is 4.98 Å². The van der Waals surface area contributed by atoms with E-state index in [1.165, 1.54) is 6.08 Å². The maximum Gasteiger partial charge on any atom is 0.260 e. The van der Waals surface area contributed by atoms with E-state index in [-0.39, 0.29) is 30.0 Å². The first-order valence-corrected chi connectivity index (χ1v) is 13.5. The van der Waals surface area contributed by atoms with Gasteiger partial charge in [0, 0.05) is 48.9 Å². The molecule has 11 heteroatoms. The standard InChI is InChI=1S/C29H36ClN5O5/c1-8-24(36)34-13-20(14-34)40-29(4,5)16-35-26-18(12-32-28(31-6)33-26)9-22(27(35)37)21-10-19(38-7)11-23(25(21)30)39-15-17(2)3/h8-12,17,20H,1,13-16H2,2-7H3,(H,31,32,33). The summed E-state index contributed by atoms with van der Waals surface area (Å²) in [5.74, 6) is 1.48. The van der Waals surface area contributed by atoms with E-state index in [1.54, 1.807) is 48.0 Å². The average molecular weight is 570 g/mol. The molecule has 0 bridgehead atoms. The highest BCUT2D eigenvalue weighted by Gasteiger charge is 2.35. The molecule has 0 saturated carbocycles. The molecule has 214 valence electrons. The molecule has 1 aliphatic heterocycles. The summed E-state index contributed by atoms with van der Waals surface area (Å²) in [6.07, 6.45) is 2.80. The van der Waals surface area contributed by atoms with Crippen LogP contribution in [0.1, 0.15) is 27.7 Å². The zero-order chi connectivity index (χ0) is 29.2. The molecular formula is C29H36ClN5O5. The van der Waals surface area contributed by atoms with E-state index in [0.717, 1.165) is 0 Å². The second-order valence-electron chi connectivity index (χ2n) is 10.8. The molecule has 1 saturated heterocycles. The van der Waals surface area contributed by atoms with Crippen molar-refractivity contribution in [2.24, 2.45) is 5.92 Å². The molecule has 10 nitrogen and oxygen atoms in total. The molecule has 1 amide bonds. The normalized spacial score (nSPS) is 13.8. The molecule has 3 aromatic rings. The predicted octanol–water partition coefficient (Wildman–Crippen LogP) is 4.39. The Balaban J connectivity index is 1.79. The number of halogens is 1. The highest BCUT2D eigenvalue weighted by molar-refractivity contribution is 6.35. The topological polar surface area (TPSA) is 108 Å². The van der Waals surface area contributed by atoms with Crippen molar-refractivity contribution in [1.29, 1.82) is 0 Å². The fourth-order valence-electron chi connectivity index (χ4n) is 4.56. The van der Waals surface area contributed by atoms with Gasteiger partial charge >= 0.3 is 0 Å². The van der Waals surface area contributed by atoms with Gasteiger partial charge in [-0.15, -0.1) is 0 Å². The highest BCUT2D eigenvalue weighted by atomic mass is 35.5. The third-order valence-corrected chi connectivity index (χ3v) is 6.91. The Bertz CT molecular complexity index is 1480. The van der Waals surface area contributed by atoms with E-state index in [1.807, 2.05) is 27.7 Å². The summed E-state index contributed by atoms with van der Waals surface area (Å²) < 4.78 is 19.4. The number of hydrogen-bond donors (Lipinski definition) is 1. The van der Waals surface area contributed by atoms with Gasteiger partial charge in [-0.3, -0.25) is 14.2 Å². The fraction of sp³-hybridized carbons (Fsp3) is 0.448. The van der Waals surface area contributed by atoms with Gasteiger partial charge in [0.1, 0.15) is 17.1 Å². The van der Waals surface area contributed by atoms with E-state index in [2.05, 4.69) is 21.9 Å². The molecule has 0 spiro atoms. The van der Waals surface area contributed by atoms with E-state index in [4.69, 9.17) is 25.8 Å². The van der Waals surface area contributed by atoms with Gasteiger partial charge in [-0.1, -0.05) is 32.0 Å².